The Hall–Kier alpha value is -2.27. The van der Waals surface area contributed by atoms with Crippen molar-refractivity contribution < 1.29 is 13.2 Å². The molecule has 3 rings (SSSR count). The first kappa shape index (κ1) is 16.6. The Morgan fingerprint density at radius 2 is 1.83 bits per heavy atom. The summed E-state index contributed by atoms with van der Waals surface area (Å²) in [6.07, 6.45) is 0.654. The van der Waals surface area contributed by atoms with Crippen LogP contribution in [0.2, 0.25) is 0 Å². The third kappa shape index (κ3) is 2.49. The van der Waals surface area contributed by atoms with E-state index in [0.29, 0.717) is 17.9 Å². The lowest BCUT2D eigenvalue weighted by Gasteiger charge is -2.26. The van der Waals surface area contributed by atoms with E-state index in [2.05, 4.69) is 6.58 Å². The zero-order valence-corrected chi connectivity index (χ0v) is 14.9. The van der Waals surface area contributed by atoms with Crippen LogP contribution in [0.4, 0.5) is 5.69 Å². The van der Waals surface area contributed by atoms with Gasteiger partial charge in [0.1, 0.15) is 5.75 Å². The standard InChI is InChI=1S/C19H21NO3S/c1-5-18-14(3)17-11-8-15(23-4)12-19(17)20(18)24(21,22)16-9-6-13(2)7-10-16/h6-12,18H,3,5H2,1-2,4H3. The minimum absolute atomic E-state index is 0.279. The van der Waals surface area contributed by atoms with E-state index in [1.54, 1.807) is 25.3 Å². The summed E-state index contributed by atoms with van der Waals surface area (Å²) >= 11 is 0. The van der Waals surface area contributed by atoms with E-state index in [9.17, 15) is 8.42 Å². The van der Waals surface area contributed by atoms with Crippen LogP contribution in [0.3, 0.4) is 0 Å². The van der Waals surface area contributed by atoms with Crippen LogP contribution in [0.1, 0.15) is 24.5 Å². The van der Waals surface area contributed by atoms with Crippen LogP contribution in [0.25, 0.3) is 5.57 Å². The Morgan fingerprint density at radius 3 is 2.42 bits per heavy atom. The molecule has 1 heterocycles. The van der Waals surface area contributed by atoms with Crippen LogP contribution < -0.4 is 9.04 Å². The van der Waals surface area contributed by atoms with Crippen molar-refractivity contribution in [3.8, 4) is 5.75 Å². The Balaban J connectivity index is 2.18. The molecular weight excluding hydrogens is 322 g/mol. The molecule has 0 aliphatic carbocycles. The highest BCUT2D eigenvalue weighted by molar-refractivity contribution is 7.93. The van der Waals surface area contributed by atoms with Gasteiger partial charge in [0, 0.05) is 11.6 Å². The highest BCUT2D eigenvalue weighted by atomic mass is 32.2. The predicted molar refractivity (Wildman–Crippen MR) is 97.0 cm³/mol. The van der Waals surface area contributed by atoms with Gasteiger partial charge in [-0.15, -0.1) is 0 Å². The van der Waals surface area contributed by atoms with Gasteiger partial charge in [0.15, 0.2) is 0 Å². The molecule has 5 heteroatoms. The zero-order valence-electron chi connectivity index (χ0n) is 14.1. The molecule has 0 amide bonds. The lowest BCUT2D eigenvalue weighted by molar-refractivity contribution is 0.415. The maximum Gasteiger partial charge on any atom is 0.264 e. The Morgan fingerprint density at radius 1 is 1.17 bits per heavy atom. The van der Waals surface area contributed by atoms with Crippen molar-refractivity contribution in [1.82, 2.24) is 0 Å². The Labute approximate surface area is 143 Å². The topological polar surface area (TPSA) is 46.6 Å². The minimum Gasteiger partial charge on any atom is -0.497 e. The molecule has 0 spiro atoms. The predicted octanol–water partition coefficient (Wildman–Crippen LogP) is 4.00. The van der Waals surface area contributed by atoms with E-state index in [1.165, 1.54) is 4.31 Å². The fourth-order valence-electron chi connectivity index (χ4n) is 3.11. The molecule has 0 saturated heterocycles. The largest absolute Gasteiger partial charge is 0.497 e. The quantitative estimate of drug-likeness (QED) is 0.843. The molecule has 2 aromatic rings. The Kier molecular flexibility index (Phi) is 4.13. The van der Waals surface area contributed by atoms with Crippen molar-refractivity contribution in [3.63, 3.8) is 0 Å². The summed E-state index contributed by atoms with van der Waals surface area (Å²) in [4.78, 5) is 0.287. The van der Waals surface area contributed by atoms with E-state index in [1.807, 2.05) is 38.1 Å². The van der Waals surface area contributed by atoms with E-state index in [-0.39, 0.29) is 10.9 Å². The SMILES string of the molecule is C=C1c2ccc(OC)cc2N(S(=O)(=O)c2ccc(C)cc2)C1CC. The second-order valence-corrected chi connectivity index (χ2v) is 7.76. The number of benzene rings is 2. The summed E-state index contributed by atoms with van der Waals surface area (Å²) in [6.45, 7) is 8.03. The van der Waals surface area contributed by atoms with Gasteiger partial charge >= 0.3 is 0 Å². The summed E-state index contributed by atoms with van der Waals surface area (Å²) in [7, 11) is -2.10. The number of anilines is 1. The molecule has 0 radical (unpaired) electrons. The first-order valence-electron chi connectivity index (χ1n) is 7.88. The highest BCUT2D eigenvalue weighted by Gasteiger charge is 2.40. The van der Waals surface area contributed by atoms with Crippen LogP contribution >= 0.6 is 0 Å². The van der Waals surface area contributed by atoms with E-state index in [4.69, 9.17) is 4.74 Å². The number of fused-ring (bicyclic) bond motifs is 1. The minimum atomic E-state index is -3.67. The van der Waals surface area contributed by atoms with E-state index >= 15 is 0 Å². The number of aryl methyl sites for hydroxylation is 1. The molecule has 1 aliphatic rings. The van der Waals surface area contributed by atoms with Crippen molar-refractivity contribution in [2.75, 3.05) is 11.4 Å². The zero-order chi connectivity index (χ0) is 17.5. The molecule has 0 bridgehead atoms. The van der Waals surface area contributed by atoms with Gasteiger partial charge in [-0.25, -0.2) is 8.42 Å². The van der Waals surface area contributed by atoms with Gasteiger partial charge in [0.25, 0.3) is 10.0 Å². The number of sulfonamides is 1. The summed E-state index contributed by atoms with van der Waals surface area (Å²) in [5.41, 5.74) is 3.34. The van der Waals surface area contributed by atoms with Crippen LogP contribution in [-0.2, 0) is 10.0 Å². The van der Waals surface area contributed by atoms with Gasteiger partial charge in [-0.2, -0.15) is 0 Å². The normalized spacial score (nSPS) is 17.0. The smallest absolute Gasteiger partial charge is 0.264 e. The van der Waals surface area contributed by atoms with Gasteiger partial charge in [0.05, 0.1) is 23.7 Å². The van der Waals surface area contributed by atoms with Crippen LogP contribution in [0.15, 0.2) is 53.9 Å². The molecule has 0 aromatic heterocycles. The molecule has 1 unspecified atom stereocenters. The van der Waals surface area contributed by atoms with Crippen LogP contribution in [-0.4, -0.2) is 21.6 Å². The molecule has 0 N–H and O–H groups in total. The first-order valence-corrected chi connectivity index (χ1v) is 9.32. The molecule has 24 heavy (non-hydrogen) atoms. The second-order valence-electron chi connectivity index (χ2n) is 5.95. The number of methoxy groups -OCH3 is 1. The monoisotopic (exact) mass is 343 g/mol. The third-order valence-electron chi connectivity index (χ3n) is 4.44. The average molecular weight is 343 g/mol. The number of ether oxygens (including phenoxy) is 1. The molecule has 0 fully saturated rings. The molecule has 1 atom stereocenters. The maximum atomic E-state index is 13.3. The third-order valence-corrected chi connectivity index (χ3v) is 6.28. The van der Waals surface area contributed by atoms with Crippen molar-refractivity contribution in [2.24, 2.45) is 0 Å². The second kappa shape index (κ2) is 5.98. The fourth-order valence-corrected chi connectivity index (χ4v) is 4.84. The lowest BCUT2D eigenvalue weighted by atomic mass is 10.0. The van der Waals surface area contributed by atoms with Gasteiger partial charge < -0.3 is 4.74 Å². The van der Waals surface area contributed by atoms with Crippen molar-refractivity contribution in [1.29, 1.82) is 0 Å². The number of hydrogen-bond donors (Lipinski definition) is 0. The summed E-state index contributed by atoms with van der Waals surface area (Å²) in [5.74, 6) is 0.627. The molecule has 2 aromatic carbocycles. The Bertz CT molecular complexity index is 885. The molecule has 0 saturated carbocycles. The van der Waals surface area contributed by atoms with E-state index < -0.39 is 10.0 Å². The molecule has 126 valence electrons. The van der Waals surface area contributed by atoms with Gasteiger partial charge in [0.2, 0.25) is 0 Å². The van der Waals surface area contributed by atoms with Crippen molar-refractivity contribution >= 4 is 21.3 Å². The average Bonchev–Trinajstić information content (AvgIpc) is 2.87. The summed E-state index contributed by atoms with van der Waals surface area (Å²) in [5, 5.41) is 0. The summed E-state index contributed by atoms with van der Waals surface area (Å²) < 4.78 is 33.3. The van der Waals surface area contributed by atoms with Gasteiger partial charge in [-0.1, -0.05) is 31.2 Å². The van der Waals surface area contributed by atoms with Crippen molar-refractivity contribution in [2.45, 2.75) is 31.2 Å². The lowest BCUT2D eigenvalue weighted by Crippen LogP contribution is -2.36. The highest BCUT2D eigenvalue weighted by Crippen LogP contribution is 2.45. The van der Waals surface area contributed by atoms with E-state index in [0.717, 1.165) is 16.7 Å². The number of hydrogen-bond acceptors (Lipinski definition) is 3. The van der Waals surface area contributed by atoms with Crippen molar-refractivity contribution in [3.05, 3.63) is 60.2 Å². The summed E-state index contributed by atoms with van der Waals surface area (Å²) in [6, 6.07) is 12.1. The molecule has 4 nitrogen and oxygen atoms in total. The first-order chi connectivity index (χ1) is 11.4. The molecule has 1 aliphatic heterocycles. The van der Waals surface area contributed by atoms with Crippen LogP contribution in [0.5, 0.6) is 5.75 Å². The maximum absolute atomic E-state index is 13.3. The molecular formula is C19H21NO3S. The van der Waals surface area contributed by atoms with Gasteiger partial charge in [-0.3, -0.25) is 4.31 Å². The van der Waals surface area contributed by atoms with Crippen LogP contribution in [0, 0.1) is 6.92 Å². The van der Waals surface area contributed by atoms with Gasteiger partial charge in [-0.05, 0) is 43.2 Å². The number of rotatable bonds is 4. The number of nitrogens with zero attached hydrogens (tertiary/aromatic N) is 1. The fraction of sp³-hybridized carbons (Fsp3) is 0.263.